The highest BCUT2D eigenvalue weighted by Crippen LogP contribution is 2.13. The Morgan fingerprint density at radius 2 is 1.68 bits per heavy atom. The number of carboxylic acids is 1. The molecule has 0 aliphatic rings. The Bertz CT molecular complexity index is 771. The Labute approximate surface area is 158 Å². The number of carboxylic acid groups (broad SMARTS) is 1. The van der Waals surface area contributed by atoms with E-state index in [1.807, 2.05) is 24.3 Å². The zero-order valence-electron chi connectivity index (χ0n) is 13.4. The molecule has 0 fully saturated rings. The van der Waals surface area contributed by atoms with E-state index in [0.717, 1.165) is 9.13 Å². The molecule has 0 unspecified atom stereocenters. The Balaban J connectivity index is 2.05. The maximum Gasteiger partial charge on any atom is 0.326 e. The number of hydrogen-bond donors (Lipinski definition) is 2. The van der Waals surface area contributed by atoms with Gasteiger partial charge in [0.15, 0.2) is 0 Å². The summed E-state index contributed by atoms with van der Waals surface area (Å²) in [5.41, 5.74) is 1.10. The molecule has 25 heavy (non-hydrogen) atoms. The van der Waals surface area contributed by atoms with Crippen LogP contribution in [0.2, 0.25) is 0 Å². The van der Waals surface area contributed by atoms with Gasteiger partial charge >= 0.3 is 11.9 Å². The number of halogens is 1. The van der Waals surface area contributed by atoms with E-state index in [1.54, 1.807) is 0 Å². The molecular formula is C18H16INO5. The van der Waals surface area contributed by atoms with Crippen molar-refractivity contribution in [1.82, 2.24) is 5.32 Å². The number of benzene rings is 2. The first-order chi connectivity index (χ1) is 11.8. The Hall–Kier alpha value is -2.42. The first kappa shape index (κ1) is 18.9. The summed E-state index contributed by atoms with van der Waals surface area (Å²) in [5.74, 6) is -1.76. The van der Waals surface area contributed by atoms with Crippen molar-refractivity contribution in [3.05, 3.63) is 63.2 Å². The molecule has 1 amide bonds. The van der Waals surface area contributed by atoms with E-state index in [0.29, 0.717) is 5.75 Å². The summed E-state index contributed by atoms with van der Waals surface area (Å²) < 4.78 is 5.94. The van der Waals surface area contributed by atoms with Gasteiger partial charge in [-0.15, -0.1) is 0 Å². The number of ether oxygens (including phenoxy) is 1. The van der Waals surface area contributed by atoms with E-state index in [2.05, 4.69) is 27.9 Å². The first-order valence-corrected chi connectivity index (χ1v) is 8.49. The number of rotatable bonds is 6. The van der Waals surface area contributed by atoms with Gasteiger partial charge in [0.25, 0.3) is 5.91 Å². The molecule has 6 nitrogen and oxygen atoms in total. The molecule has 0 bridgehead atoms. The minimum atomic E-state index is -1.11. The lowest BCUT2D eigenvalue weighted by Gasteiger charge is -2.15. The number of nitrogens with one attached hydrogen (secondary N) is 1. The molecule has 2 aromatic carbocycles. The summed E-state index contributed by atoms with van der Waals surface area (Å²) in [6.07, 6.45) is 0.184. The van der Waals surface area contributed by atoms with Crippen molar-refractivity contribution in [1.29, 1.82) is 0 Å². The van der Waals surface area contributed by atoms with Gasteiger partial charge in [0.1, 0.15) is 11.8 Å². The molecule has 0 aliphatic carbocycles. The smallest absolute Gasteiger partial charge is 0.326 e. The molecule has 0 heterocycles. The van der Waals surface area contributed by atoms with Crippen molar-refractivity contribution in [2.24, 2.45) is 0 Å². The van der Waals surface area contributed by atoms with E-state index < -0.39 is 23.9 Å². The first-order valence-electron chi connectivity index (χ1n) is 7.42. The van der Waals surface area contributed by atoms with E-state index in [4.69, 9.17) is 4.74 Å². The zero-order chi connectivity index (χ0) is 18.4. The average molecular weight is 453 g/mol. The molecule has 0 aliphatic heterocycles. The fraction of sp³-hybridized carbons (Fsp3) is 0.167. The number of carbonyl (C=O) groups excluding carboxylic acids is 2. The van der Waals surface area contributed by atoms with E-state index in [1.165, 1.54) is 31.2 Å². The number of carbonyl (C=O) groups is 3. The molecule has 130 valence electrons. The normalized spacial score (nSPS) is 11.4. The van der Waals surface area contributed by atoms with Crippen molar-refractivity contribution >= 4 is 40.4 Å². The lowest BCUT2D eigenvalue weighted by atomic mass is 10.1. The third-order valence-electron chi connectivity index (χ3n) is 3.33. The maximum absolute atomic E-state index is 12.3. The minimum Gasteiger partial charge on any atom is -0.480 e. The maximum atomic E-state index is 12.3. The predicted octanol–water partition coefficient (Wildman–Crippen LogP) is 2.64. The predicted molar refractivity (Wildman–Crippen MR) is 99.5 cm³/mol. The third kappa shape index (κ3) is 5.86. The summed E-state index contributed by atoms with van der Waals surface area (Å²) in [5, 5.41) is 11.9. The monoisotopic (exact) mass is 453 g/mol. The number of hydrogen-bond acceptors (Lipinski definition) is 4. The number of aliphatic carboxylic acids is 1. The van der Waals surface area contributed by atoms with Gasteiger partial charge in [-0.1, -0.05) is 12.1 Å². The van der Waals surface area contributed by atoms with E-state index in [-0.39, 0.29) is 12.0 Å². The summed E-state index contributed by atoms with van der Waals surface area (Å²) in [7, 11) is 0. The third-order valence-corrected chi connectivity index (χ3v) is 4.05. The number of amides is 1. The fourth-order valence-electron chi connectivity index (χ4n) is 2.14. The molecule has 2 N–H and O–H groups in total. The van der Waals surface area contributed by atoms with Gasteiger partial charge in [0.05, 0.1) is 0 Å². The summed E-state index contributed by atoms with van der Waals surface area (Å²) >= 11 is 2.16. The van der Waals surface area contributed by atoms with E-state index in [9.17, 15) is 19.5 Å². The van der Waals surface area contributed by atoms with Crippen LogP contribution < -0.4 is 10.1 Å². The Morgan fingerprint density at radius 3 is 2.20 bits per heavy atom. The van der Waals surface area contributed by atoms with Crippen LogP contribution in [0.4, 0.5) is 0 Å². The van der Waals surface area contributed by atoms with Gasteiger partial charge < -0.3 is 15.2 Å². The van der Waals surface area contributed by atoms with Crippen molar-refractivity contribution in [3.63, 3.8) is 0 Å². The molecule has 2 rings (SSSR count). The van der Waals surface area contributed by atoms with Gasteiger partial charge in [-0.25, -0.2) is 4.79 Å². The second-order valence-corrected chi connectivity index (χ2v) is 6.56. The van der Waals surface area contributed by atoms with Crippen LogP contribution in [0.1, 0.15) is 22.8 Å². The molecule has 0 saturated heterocycles. The van der Waals surface area contributed by atoms with Crippen LogP contribution in [-0.2, 0) is 16.0 Å². The minimum absolute atomic E-state index is 0.184. The van der Waals surface area contributed by atoms with Crippen LogP contribution in [0.5, 0.6) is 5.75 Å². The molecule has 7 heteroatoms. The highest BCUT2D eigenvalue weighted by Gasteiger charge is 2.21. The van der Waals surface area contributed by atoms with Crippen molar-refractivity contribution < 1.29 is 24.2 Å². The summed E-state index contributed by atoms with van der Waals surface area (Å²) in [6, 6.07) is 12.3. The quantitative estimate of drug-likeness (QED) is 0.399. The molecular weight excluding hydrogens is 437 g/mol. The van der Waals surface area contributed by atoms with Crippen molar-refractivity contribution in [3.8, 4) is 5.75 Å². The van der Waals surface area contributed by atoms with Crippen LogP contribution in [-0.4, -0.2) is 29.0 Å². The zero-order valence-corrected chi connectivity index (χ0v) is 15.5. The van der Waals surface area contributed by atoms with Crippen molar-refractivity contribution in [2.75, 3.05) is 0 Å². The second-order valence-electron chi connectivity index (χ2n) is 5.31. The Kier molecular flexibility index (Phi) is 6.51. The number of esters is 1. The molecule has 0 spiro atoms. The van der Waals surface area contributed by atoms with Gasteiger partial charge in [-0.2, -0.15) is 0 Å². The lowest BCUT2D eigenvalue weighted by molar-refractivity contribution is -0.139. The average Bonchev–Trinajstić information content (AvgIpc) is 2.56. The van der Waals surface area contributed by atoms with E-state index >= 15 is 0 Å². The summed E-state index contributed by atoms with van der Waals surface area (Å²) in [4.78, 5) is 34.6. The Morgan fingerprint density at radius 1 is 1.08 bits per heavy atom. The lowest BCUT2D eigenvalue weighted by Crippen LogP contribution is -2.42. The molecule has 0 aromatic heterocycles. The van der Waals surface area contributed by atoms with Crippen LogP contribution in [0.25, 0.3) is 0 Å². The van der Waals surface area contributed by atoms with Crippen LogP contribution in [0.15, 0.2) is 48.5 Å². The van der Waals surface area contributed by atoms with Gasteiger partial charge in [-0.3, -0.25) is 9.59 Å². The van der Waals surface area contributed by atoms with Gasteiger partial charge in [0, 0.05) is 22.5 Å². The summed E-state index contributed by atoms with van der Waals surface area (Å²) in [6.45, 7) is 1.28. The molecule has 1 atom stereocenters. The fourth-order valence-corrected chi connectivity index (χ4v) is 2.50. The second kappa shape index (κ2) is 8.61. The molecule has 0 radical (unpaired) electrons. The highest BCUT2D eigenvalue weighted by molar-refractivity contribution is 14.1. The van der Waals surface area contributed by atoms with Gasteiger partial charge in [-0.05, 0) is 64.6 Å². The van der Waals surface area contributed by atoms with Crippen molar-refractivity contribution in [2.45, 2.75) is 19.4 Å². The van der Waals surface area contributed by atoms with Crippen LogP contribution in [0.3, 0.4) is 0 Å². The SMILES string of the molecule is CC(=O)Oc1ccc(C(=O)N[C@@H](Cc2ccc(I)cc2)C(=O)O)cc1. The highest BCUT2D eigenvalue weighted by atomic mass is 127. The standard InChI is InChI=1S/C18H16INO5/c1-11(21)25-15-8-4-13(5-9-15)17(22)20-16(18(23)24)10-12-2-6-14(19)7-3-12/h2-9,16H,10H2,1H3,(H,20,22)(H,23,24)/t16-/m0/s1. The molecule has 2 aromatic rings. The molecule has 0 saturated carbocycles. The van der Waals surface area contributed by atoms with Crippen LogP contribution in [0, 0.1) is 3.57 Å². The van der Waals surface area contributed by atoms with Gasteiger partial charge in [0.2, 0.25) is 0 Å². The topological polar surface area (TPSA) is 92.7 Å². The largest absolute Gasteiger partial charge is 0.480 e. The van der Waals surface area contributed by atoms with Crippen LogP contribution >= 0.6 is 22.6 Å².